The molecule has 0 aromatic heterocycles. The SMILES string of the molecule is O=C(O)CCCC[C@@H](CCc1ccccc1OCCCN1CCN(c2ccc(F)cc2)CC1)Cc1ccc(C(=O)O)cc1. The number of carboxylic acid groups (broad SMARTS) is 2. The minimum Gasteiger partial charge on any atom is -0.493 e. The van der Waals surface area contributed by atoms with Gasteiger partial charge in [0, 0.05) is 44.8 Å². The molecule has 0 aliphatic carbocycles. The number of hydrogen-bond donors (Lipinski definition) is 2. The van der Waals surface area contributed by atoms with E-state index in [9.17, 15) is 19.1 Å². The number of aromatic carboxylic acids is 1. The summed E-state index contributed by atoms with van der Waals surface area (Å²) in [4.78, 5) is 26.9. The lowest BCUT2D eigenvalue weighted by atomic mass is 9.88. The highest BCUT2D eigenvalue weighted by Crippen LogP contribution is 2.26. The lowest BCUT2D eigenvalue weighted by Crippen LogP contribution is -2.46. The summed E-state index contributed by atoms with van der Waals surface area (Å²) in [5.41, 5.74) is 3.61. The molecule has 1 atom stereocenters. The van der Waals surface area contributed by atoms with Crippen LogP contribution in [-0.4, -0.2) is 66.4 Å². The number of aliphatic carboxylic acids is 1. The summed E-state index contributed by atoms with van der Waals surface area (Å²) in [5, 5.41) is 18.2. The van der Waals surface area contributed by atoms with Crippen LogP contribution in [-0.2, 0) is 17.6 Å². The van der Waals surface area contributed by atoms with Gasteiger partial charge in [0.15, 0.2) is 0 Å². The average Bonchev–Trinajstić information content (AvgIpc) is 3.01. The van der Waals surface area contributed by atoms with Gasteiger partial charge < -0.3 is 19.8 Å². The van der Waals surface area contributed by atoms with Crippen LogP contribution in [0.25, 0.3) is 0 Å². The number of para-hydroxylation sites is 1. The van der Waals surface area contributed by atoms with Crippen molar-refractivity contribution in [3.05, 3.63) is 95.3 Å². The Balaban J connectivity index is 1.24. The summed E-state index contributed by atoms with van der Waals surface area (Å²) in [6, 6.07) is 22.0. The van der Waals surface area contributed by atoms with E-state index in [1.807, 2.05) is 42.5 Å². The molecule has 1 heterocycles. The Morgan fingerprint density at radius 2 is 1.56 bits per heavy atom. The molecule has 3 aromatic carbocycles. The Morgan fingerprint density at radius 1 is 0.837 bits per heavy atom. The number of halogens is 1. The summed E-state index contributed by atoms with van der Waals surface area (Å²) in [6.07, 6.45) is 6.16. The van der Waals surface area contributed by atoms with Gasteiger partial charge in [-0.3, -0.25) is 9.69 Å². The number of rotatable bonds is 17. The van der Waals surface area contributed by atoms with Crippen LogP contribution < -0.4 is 9.64 Å². The van der Waals surface area contributed by atoms with E-state index < -0.39 is 11.9 Å². The van der Waals surface area contributed by atoms with Crippen molar-refractivity contribution in [2.24, 2.45) is 5.92 Å². The molecule has 43 heavy (non-hydrogen) atoms. The summed E-state index contributed by atoms with van der Waals surface area (Å²) in [7, 11) is 0. The largest absolute Gasteiger partial charge is 0.493 e. The number of hydrogen-bond acceptors (Lipinski definition) is 5. The molecular weight excluding hydrogens is 547 g/mol. The van der Waals surface area contributed by atoms with E-state index in [0.717, 1.165) is 88.2 Å². The fourth-order valence-electron chi connectivity index (χ4n) is 5.74. The molecule has 4 rings (SSSR count). The molecule has 1 saturated heterocycles. The zero-order chi connectivity index (χ0) is 30.4. The van der Waals surface area contributed by atoms with Crippen molar-refractivity contribution in [1.82, 2.24) is 4.90 Å². The van der Waals surface area contributed by atoms with Crippen LogP contribution in [0.15, 0.2) is 72.8 Å². The first-order valence-electron chi connectivity index (χ1n) is 15.3. The van der Waals surface area contributed by atoms with Crippen molar-refractivity contribution in [3.63, 3.8) is 0 Å². The zero-order valence-electron chi connectivity index (χ0n) is 24.8. The Kier molecular flexibility index (Phi) is 12.4. The Labute approximate surface area is 253 Å². The molecule has 0 amide bonds. The lowest BCUT2D eigenvalue weighted by molar-refractivity contribution is -0.137. The second kappa shape index (κ2) is 16.7. The van der Waals surface area contributed by atoms with Crippen LogP contribution in [0.1, 0.15) is 60.0 Å². The summed E-state index contributed by atoms with van der Waals surface area (Å²) >= 11 is 0. The van der Waals surface area contributed by atoms with Gasteiger partial charge in [0.1, 0.15) is 11.6 Å². The van der Waals surface area contributed by atoms with Crippen molar-refractivity contribution in [3.8, 4) is 5.75 Å². The number of unbranched alkanes of at least 4 members (excludes halogenated alkanes) is 1. The molecule has 0 spiro atoms. The normalized spacial score (nSPS) is 14.4. The summed E-state index contributed by atoms with van der Waals surface area (Å²) < 4.78 is 19.5. The number of carbonyl (C=O) groups is 2. The maximum absolute atomic E-state index is 13.2. The molecule has 1 aliphatic rings. The van der Waals surface area contributed by atoms with Crippen molar-refractivity contribution < 1.29 is 28.9 Å². The Morgan fingerprint density at radius 3 is 2.26 bits per heavy atom. The molecule has 0 bridgehead atoms. The molecule has 1 fully saturated rings. The molecule has 2 N–H and O–H groups in total. The van der Waals surface area contributed by atoms with Crippen LogP contribution in [0, 0.1) is 11.7 Å². The second-order valence-corrected chi connectivity index (χ2v) is 11.4. The zero-order valence-corrected chi connectivity index (χ0v) is 24.8. The predicted molar refractivity (Wildman–Crippen MR) is 167 cm³/mol. The van der Waals surface area contributed by atoms with Crippen LogP contribution >= 0.6 is 0 Å². The highest BCUT2D eigenvalue weighted by molar-refractivity contribution is 5.87. The van der Waals surface area contributed by atoms with E-state index in [1.54, 1.807) is 12.1 Å². The third kappa shape index (κ3) is 10.7. The van der Waals surface area contributed by atoms with Gasteiger partial charge in [-0.25, -0.2) is 9.18 Å². The van der Waals surface area contributed by atoms with Gasteiger partial charge in [0.25, 0.3) is 0 Å². The quantitative estimate of drug-likeness (QED) is 0.172. The number of carboxylic acids is 2. The third-order valence-corrected chi connectivity index (χ3v) is 8.21. The van der Waals surface area contributed by atoms with Gasteiger partial charge in [-0.15, -0.1) is 0 Å². The van der Waals surface area contributed by atoms with E-state index in [-0.39, 0.29) is 17.8 Å². The molecule has 8 heteroatoms. The second-order valence-electron chi connectivity index (χ2n) is 11.4. The highest BCUT2D eigenvalue weighted by Gasteiger charge is 2.17. The monoisotopic (exact) mass is 590 g/mol. The van der Waals surface area contributed by atoms with Crippen LogP contribution in [0.2, 0.25) is 0 Å². The minimum absolute atomic E-state index is 0.181. The molecule has 3 aromatic rings. The first-order valence-corrected chi connectivity index (χ1v) is 15.3. The molecule has 7 nitrogen and oxygen atoms in total. The predicted octanol–water partition coefficient (Wildman–Crippen LogP) is 6.55. The smallest absolute Gasteiger partial charge is 0.335 e. The number of ether oxygens (including phenoxy) is 1. The fraction of sp³-hybridized carbons (Fsp3) is 0.429. The third-order valence-electron chi connectivity index (χ3n) is 8.21. The minimum atomic E-state index is -0.933. The first kappa shape index (κ1) is 32.0. The van der Waals surface area contributed by atoms with Crippen molar-refractivity contribution in [2.45, 2.75) is 51.4 Å². The van der Waals surface area contributed by atoms with Crippen LogP contribution in [0.4, 0.5) is 10.1 Å². The van der Waals surface area contributed by atoms with E-state index in [4.69, 9.17) is 9.84 Å². The fourth-order valence-corrected chi connectivity index (χ4v) is 5.74. The molecule has 0 unspecified atom stereocenters. The van der Waals surface area contributed by atoms with Crippen molar-refractivity contribution >= 4 is 17.6 Å². The van der Waals surface area contributed by atoms with Crippen LogP contribution in [0.3, 0.4) is 0 Å². The van der Waals surface area contributed by atoms with Crippen molar-refractivity contribution in [1.29, 1.82) is 0 Å². The maximum Gasteiger partial charge on any atom is 0.335 e. The molecule has 0 saturated carbocycles. The Bertz CT molecular complexity index is 1290. The highest BCUT2D eigenvalue weighted by atomic mass is 19.1. The maximum atomic E-state index is 13.2. The summed E-state index contributed by atoms with van der Waals surface area (Å²) in [6.45, 7) is 5.41. The molecule has 230 valence electrons. The summed E-state index contributed by atoms with van der Waals surface area (Å²) in [5.74, 6) is -0.635. The standard InChI is InChI=1S/C35H43FN2O5/c36-31-16-18-32(19-17-31)38-23-21-37(22-24-38)20-5-25-43-33-8-3-2-7-29(33)13-10-27(6-1-4-9-34(39)40)26-28-11-14-30(15-12-28)35(41)42/h2-3,7-8,11-12,14-19,27H,1,4-6,9-10,13,20-26H2,(H,39,40)(H,41,42)/t27-/m0/s1. The number of piperazine rings is 1. The van der Waals surface area contributed by atoms with Gasteiger partial charge in [-0.05, 0) is 91.6 Å². The van der Waals surface area contributed by atoms with Gasteiger partial charge in [-0.2, -0.15) is 0 Å². The van der Waals surface area contributed by atoms with Crippen molar-refractivity contribution in [2.75, 3.05) is 44.2 Å². The molecule has 0 radical (unpaired) electrons. The van der Waals surface area contributed by atoms with Gasteiger partial charge >= 0.3 is 11.9 Å². The molecular formula is C35H43FN2O5. The number of aryl methyl sites for hydroxylation is 1. The van der Waals surface area contributed by atoms with Gasteiger partial charge in [0.2, 0.25) is 0 Å². The average molecular weight is 591 g/mol. The van der Waals surface area contributed by atoms with Crippen LogP contribution in [0.5, 0.6) is 5.75 Å². The van der Waals surface area contributed by atoms with Gasteiger partial charge in [0.05, 0.1) is 12.2 Å². The Hall–Kier alpha value is -3.91. The van der Waals surface area contributed by atoms with Gasteiger partial charge in [-0.1, -0.05) is 43.2 Å². The number of nitrogens with zero attached hydrogens (tertiary/aromatic N) is 2. The van der Waals surface area contributed by atoms with E-state index in [2.05, 4.69) is 15.9 Å². The van der Waals surface area contributed by atoms with E-state index in [1.165, 1.54) is 17.7 Å². The van der Waals surface area contributed by atoms with E-state index in [0.29, 0.717) is 18.9 Å². The topological polar surface area (TPSA) is 90.3 Å². The molecule has 1 aliphatic heterocycles. The first-order chi connectivity index (χ1) is 20.9. The number of benzene rings is 3. The van der Waals surface area contributed by atoms with E-state index >= 15 is 0 Å². The lowest BCUT2D eigenvalue weighted by Gasteiger charge is -2.36. The number of anilines is 1.